The van der Waals surface area contributed by atoms with Gasteiger partial charge in [0.25, 0.3) is 0 Å². The number of carbonyl (C=O) groups is 1. The molecule has 0 bridgehead atoms. The lowest BCUT2D eigenvalue weighted by atomic mass is 9.93. The summed E-state index contributed by atoms with van der Waals surface area (Å²) in [4.78, 5) is 12.1. The van der Waals surface area contributed by atoms with Crippen molar-refractivity contribution in [2.24, 2.45) is 0 Å². The molecule has 1 aliphatic rings. The molecule has 0 spiro atoms. The lowest BCUT2D eigenvalue weighted by Crippen LogP contribution is -2.00. The molecule has 3 aromatic rings. The third-order valence-electron chi connectivity index (χ3n) is 3.78. The maximum absolute atomic E-state index is 12.1. The number of rotatable bonds is 1. The highest BCUT2D eigenvalue weighted by Gasteiger charge is 2.33. The van der Waals surface area contributed by atoms with Gasteiger partial charge in [-0.15, -0.1) is 0 Å². The van der Waals surface area contributed by atoms with Crippen LogP contribution < -0.4 is 0 Å². The van der Waals surface area contributed by atoms with Crippen molar-refractivity contribution in [2.75, 3.05) is 0 Å². The van der Waals surface area contributed by atoms with E-state index in [0.717, 1.165) is 21.9 Å². The molecule has 0 N–H and O–H groups in total. The molecule has 1 aliphatic heterocycles. The third kappa shape index (κ3) is 1.55. The lowest BCUT2D eigenvalue weighted by molar-refractivity contribution is 0.0457. The summed E-state index contributed by atoms with van der Waals surface area (Å²) >= 11 is 0. The van der Waals surface area contributed by atoms with E-state index >= 15 is 0 Å². The molecule has 1 atom stereocenters. The lowest BCUT2D eigenvalue weighted by Gasteiger charge is -2.12. The van der Waals surface area contributed by atoms with Gasteiger partial charge in [-0.1, -0.05) is 60.7 Å². The maximum Gasteiger partial charge on any atom is 0.339 e. The van der Waals surface area contributed by atoms with E-state index in [1.807, 2.05) is 60.7 Å². The van der Waals surface area contributed by atoms with Crippen LogP contribution in [0.15, 0.2) is 66.7 Å². The largest absolute Gasteiger partial charge is 0.449 e. The fourth-order valence-corrected chi connectivity index (χ4v) is 2.85. The first-order chi connectivity index (χ1) is 9.84. The number of carbonyl (C=O) groups excluding carboxylic acids is 1. The van der Waals surface area contributed by atoms with Crippen molar-refractivity contribution in [3.8, 4) is 0 Å². The Bertz CT molecular complexity index is 806. The number of benzene rings is 3. The van der Waals surface area contributed by atoms with Crippen molar-refractivity contribution in [2.45, 2.75) is 6.10 Å². The molecule has 0 aromatic heterocycles. The van der Waals surface area contributed by atoms with Crippen LogP contribution in [-0.2, 0) is 4.74 Å². The minimum Gasteiger partial charge on any atom is -0.449 e. The molecule has 20 heavy (non-hydrogen) atoms. The number of ether oxygens (including phenoxy) is 1. The van der Waals surface area contributed by atoms with Gasteiger partial charge in [0.15, 0.2) is 6.10 Å². The Hall–Kier alpha value is -2.61. The van der Waals surface area contributed by atoms with E-state index in [9.17, 15) is 4.79 Å². The molecule has 0 fully saturated rings. The standard InChI is InChI=1S/C18H12O2/c19-18-15-11-10-12-6-4-5-9-14(12)16(15)17(20-18)13-7-2-1-3-8-13/h1-11,17H/t17-/m0/s1. The quantitative estimate of drug-likeness (QED) is 0.616. The molecule has 2 heteroatoms. The van der Waals surface area contributed by atoms with Crippen molar-refractivity contribution in [1.82, 2.24) is 0 Å². The van der Waals surface area contributed by atoms with Gasteiger partial charge in [-0.2, -0.15) is 0 Å². The Morgan fingerprint density at radius 2 is 1.55 bits per heavy atom. The predicted octanol–water partition coefficient (Wildman–Crippen LogP) is 4.10. The highest BCUT2D eigenvalue weighted by Crippen LogP contribution is 2.40. The van der Waals surface area contributed by atoms with Crippen molar-refractivity contribution < 1.29 is 9.53 Å². The Kier molecular flexibility index (Phi) is 2.36. The second-order valence-corrected chi connectivity index (χ2v) is 4.94. The van der Waals surface area contributed by atoms with Gasteiger partial charge in [0.2, 0.25) is 0 Å². The Morgan fingerprint density at radius 3 is 2.40 bits per heavy atom. The van der Waals surface area contributed by atoms with Gasteiger partial charge in [-0.3, -0.25) is 0 Å². The minimum absolute atomic E-state index is 0.236. The molecule has 0 unspecified atom stereocenters. The van der Waals surface area contributed by atoms with Crippen LogP contribution in [0.1, 0.15) is 27.6 Å². The van der Waals surface area contributed by atoms with Crippen LogP contribution in [0.2, 0.25) is 0 Å². The molecule has 0 saturated carbocycles. The Morgan fingerprint density at radius 1 is 0.800 bits per heavy atom. The van der Waals surface area contributed by atoms with Crippen molar-refractivity contribution in [3.63, 3.8) is 0 Å². The van der Waals surface area contributed by atoms with Gasteiger partial charge in [-0.05, 0) is 22.4 Å². The van der Waals surface area contributed by atoms with Gasteiger partial charge in [-0.25, -0.2) is 4.79 Å². The number of esters is 1. The van der Waals surface area contributed by atoms with E-state index in [2.05, 4.69) is 6.07 Å². The molecule has 0 radical (unpaired) electrons. The molecule has 3 aromatic carbocycles. The van der Waals surface area contributed by atoms with Crippen LogP contribution in [0.5, 0.6) is 0 Å². The first-order valence-electron chi connectivity index (χ1n) is 6.62. The number of cyclic esters (lactones) is 1. The van der Waals surface area contributed by atoms with E-state index in [1.54, 1.807) is 0 Å². The Labute approximate surface area is 116 Å². The van der Waals surface area contributed by atoms with Crippen LogP contribution in [0.25, 0.3) is 10.8 Å². The topological polar surface area (TPSA) is 26.3 Å². The summed E-state index contributed by atoms with van der Waals surface area (Å²) in [5.41, 5.74) is 2.67. The van der Waals surface area contributed by atoms with E-state index in [1.165, 1.54) is 0 Å². The van der Waals surface area contributed by atoms with E-state index < -0.39 is 0 Å². The van der Waals surface area contributed by atoms with Crippen LogP contribution in [0.3, 0.4) is 0 Å². The smallest absolute Gasteiger partial charge is 0.339 e. The molecule has 1 heterocycles. The van der Waals surface area contributed by atoms with Crippen molar-refractivity contribution in [3.05, 3.63) is 83.4 Å². The third-order valence-corrected chi connectivity index (χ3v) is 3.78. The summed E-state index contributed by atoms with van der Waals surface area (Å²) in [5, 5.41) is 2.22. The summed E-state index contributed by atoms with van der Waals surface area (Å²) in [7, 11) is 0. The van der Waals surface area contributed by atoms with E-state index in [-0.39, 0.29) is 12.1 Å². The molecule has 2 nitrogen and oxygen atoms in total. The number of fused-ring (bicyclic) bond motifs is 3. The predicted molar refractivity (Wildman–Crippen MR) is 77.6 cm³/mol. The molecular weight excluding hydrogens is 248 g/mol. The molecule has 0 amide bonds. The SMILES string of the molecule is O=C1O[C@@H](c2ccccc2)c2c1ccc1ccccc21. The monoisotopic (exact) mass is 260 g/mol. The summed E-state index contributed by atoms with van der Waals surface area (Å²) in [6.45, 7) is 0. The summed E-state index contributed by atoms with van der Waals surface area (Å²) < 4.78 is 5.59. The highest BCUT2D eigenvalue weighted by atomic mass is 16.5. The first kappa shape index (κ1) is 11.2. The summed E-state index contributed by atoms with van der Waals surface area (Å²) in [6.07, 6.45) is -0.301. The first-order valence-corrected chi connectivity index (χ1v) is 6.62. The second kappa shape index (κ2) is 4.20. The fraction of sp³-hybridized carbons (Fsp3) is 0.0556. The minimum atomic E-state index is -0.301. The van der Waals surface area contributed by atoms with Gasteiger partial charge in [0.05, 0.1) is 5.56 Å². The van der Waals surface area contributed by atoms with Crippen LogP contribution in [0.4, 0.5) is 0 Å². The van der Waals surface area contributed by atoms with Gasteiger partial charge < -0.3 is 4.74 Å². The molecular formula is C18H12O2. The van der Waals surface area contributed by atoms with Gasteiger partial charge >= 0.3 is 5.97 Å². The van der Waals surface area contributed by atoms with Crippen molar-refractivity contribution >= 4 is 16.7 Å². The maximum atomic E-state index is 12.1. The molecule has 0 saturated heterocycles. The average molecular weight is 260 g/mol. The van der Waals surface area contributed by atoms with E-state index in [4.69, 9.17) is 4.74 Å². The van der Waals surface area contributed by atoms with Gasteiger partial charge in [0.1, 0.15) is 0 Å². The zero-order valence-electron chi connectivity index (χ0n) is 10.7. The number of hydrogen-bond donors (Lipinski definition) is 0. The Balaban J connectivity index is 2.01. The molecule has 0 aliphatic carbocycles. The molecule has 96 valence electrons. The fourth-order valence-electron chi connectivity index (χ4n) is 2.85. The zero-order valence-corrected chi connectivity index (χ0v) is 10.7. The van der Waals surface area contributed by atoms with E-state index in [0.29, 0.717) is 5.56 Å². The second-order valence-electron chi connectivity index (χ2n) is 4.94. The molecule has 4 rings (SSSR count). The van der Waals surface area contributed by atoms with Gasteiger partial charge in [0, 0.05) is 5.56 Å². The summed E-state index contributed by atoms with van der Waals surface area (Å²) in [6, 6.07) is 21.8. The average Bonchev–Trinajstić information content (AvgIpc) is 2.86. The summed E-state index contributed by atoms with van der Waals surface area (Å²) in [5.74, 6) is -0.236. The van der Waals surface area contributed by atoms with Crippen molar-refractivity contribution in [1.29, 1.82) is 0 Å². The van der Waals surface area contributed by atoms with Crippen LogP contribution >= 0.6 is 0 Å². The van der Waals surface area contributed by atoms with Crippen LogP contribution in [-0.4, -0.2) is 5.97 Å². The number of hydrogen-bond acceptors (Lipinski definition) is 2. The highest BCUT2D eigenvalue weighted by molar-refractivity contribution is 6.02. The normalized spacial score (nSPS) is 17.0. The zero-order chi connectivity index (χ0) is 13.5. The van der Waals surface area contributed by atoms with Crippen LogP contribution in [0, 0.1) is 0 Å².